The van der Waals surface area contributed by atoms with Crippen LogP contribution in [0.2, 0.25) is 0 Å². The fourth-order valence-electron chi connectivity index (χ4n) is 3.79. The van der Waals surface area contributed by atoms with E-state index in [1.165, 1.54) is 7.05 Å². The molecule has 1 aliphatic heterocycles. The molecule has 4 atom stereocenters. The normalized spacial score (nSPS) is 24.2. The summed E-state index contributed by atoms with van der Waals surface area (Å²) in [7, 11) is 1.38. The lowest BCUT2D eigenvalue weighted by atomic mass is 9.83. The second-order valence-electron chi connectivity index (χ2n) is 7.87. The van der Waals surface area contributed by atoms with E-state index in [9.17, 15) is 40.7 Å². The summed E-state index contributed by atoms with van der Waals surface area (Å²) < 4.78 is 77.1. The molecule has 5 N–H and O–H groups in total. The van der Waals surface area contributed by atoms with E-state index >= 15 is 0 Å². The Morgan fingerprint density at radius 1 is 1.19 bits per heavy atom. The van der Waals surface area contributed by atoms with Crippen molar-refractivity contribution in [3.05, 3.63) is 23.3 Å². The summed E-state index contributed by atoms with van der Waals surface area (Å²) in [5.41, 5.74) is 12.1. The predicted octanol–water partition coefficient (Wildman–Crippen LogP) is 1.54. The number of nitrogens with two attached hydrogens (primary N) is 2. The third-order valence-corrected chi connectivity index (χ3v) is 5.61. The van der Waals surface area contributed by atoms with Crippen LogP contribution in [0.3, 0.4) is 0 Å². The number of nitrogens with zero attached hydrogens (tertiary/aromatic N) is 1. The zero-order valence-electron chi connectivity index (χ0n) is 17.3. The number of Topliss-reactive ketones (excluding diaryl/α,β-unsaturated/α-hetero) is 1. The van der Waals surface area contributed by atoms with Crippen molar-refractivity contribution in [2.24, 2.45) is 23.3 Å². The van der Waals surface area contributed by atoms with Gasteiger partial charge in [-0.2, -0.15) is 26.3 Å². The Balaban J connectivity index is 2.28. The third kappa shape index (κ3) is 5.31. The molecule has 1 unspecified atom stereocenters. The maximum Gasteiger partial charge on any atom is 0.402 e. The molecule has 0 saturated carbocycles. The average molecular weight is 470 g/mol. The van der Waals surface area contributed by atoms with Crippen LogP contribution in [0.4, 0.5) is 26.3 Å². The molecule has 13 heteroatoms. The Morgan fingerprint density at radius 2 is 1.75 bits per heavy atom. The zero-order valence-corrected chi connectivity index (χ0v) is 17.3. The minimum Gasteiger partial charge on any atom is -0.345 e. The van der Waals surface area contributed by atoms with Crippen molar-refractivity contribution in [2.45, 2.75) is 56.8 Å². The fourth-order valence-corrected chi connectivity index (χ4v) is 3.79. The van der Waals surface area contributed by atoms with Crippen LogP contribution in [-0.4, -0.2) is 60.1 Å². The first-order chi connectivity index (χ1) is 14.6. The maximum absolute atomic E-state index is 13.0. The largest absolute Gasteiger partial charge is 0.402 e. The molecule has 180 valence electrons. The summed E-state index contributed by atoms with van der Waals surface area (Å²) in [6.07, 6.45) is -7.56. The highest BCUT2D eigenvalue weighted by Crippen LogP contribution is 2.41. The molecule has 0 spiro atoms. The standard InChI is InChI=1S/C19H24F6N4O3/c1-8(28-16(31)13(27)15(18(20,21)22)19(23,24)25)14(30)12-10-6-4-3-5-9(10)7-11(26)29(2)17(12)32/h4,6,8,11-13,15H,3,5,7,26-27H2,1-2H3,(H,28,31)/t8-,11?,12-,13-/m0/s1. The lowest BCUT2D eigenvalue weighted by molar-refractivity contribution is -0.287. The summed E-state index contributed by atoms with van der Waals surface area (Å²) >= 11 is 0. The molecule has 0 radical (unpaired) electrons. The van der Waals surface area contributed by atoms with Gasteiger partial charge in [0.25, 0.3) is 0 Å². The SMILES string of the molecule is C[C@H](NC(=O)[C@@H](N)C(C(F)(F)F)C(F)(F)F)C(=O)[C@H]1C(=O)N(C)C(N)CC2=C1C=CCC2. The van der Waals surface area contributed by atoms with E-state index in [1.54, 1.807) is 17.5 Å². The molecule has 0 fully saturated rings. The quantitative estimate of drug-likeness (QED) is 0.416. The van der Waals surface area contributed by atoms with Crippen LogP contribution in [0.1, 0.15) is 26.2 Å². The van der Waals surface area contributed by atoms with Crippen molar-refractivity contribution in [1.29, 1.82) is 0 Å². The van der Waals surface area contributed by atoms with E-state index in [4.69, 9.17) is 11.5 Å². The molecule has 1 aliphatic carbocycles. The van der Waals surface area contributed by atoms with E-state index in [0.717, 1.165) is 17.4 Å². The van der Waals surface area contributed by atoms with Gasteiger partial charge in [-0.25, -0.2) is 0 Å². The number of carbonyl (C=O) groups is 3. The van der Waals surface area contributed by atoms with Crippen molar-refractivity contribution in [3.8, 4) is 0 Å². The Bertz CT molecular complexity index is 822. The van der Waals surface area contributed by atoms with Gasteiger partial charge in [0, 0.05) is 13.5 Å². The summed E-state index contributed by atoms with van der Waals surface area (Å²) in [6, 6.07) is -4.62. The van der Waals surface area contributed by atoms with Gasteiger partial charge < -0.3 is 21.7 Å². The number of ketones is 1. The monoisotopic (exact) mass is 470 g/mol. The lowest BCUT2D eigenvalue weighted by Crippen LogP contribution is -2.58. The van der Waals surface area contributed by atoms with Crippen LogP contribution >= 0.6 is 0 Å². The van der Waals surface area contributed by atoms with Gasteiger partial charge in [-0.1, -0.05) is 17.7 Å². The molecule has 0 saturated heterocycles. The molecule has 1 heterocycles. The van der Waals surface area contributed by atoms with Crippen molar-refractivity contribution >= 4 is 17.6 Å². The molecule has 0 aromatic carbocycles. The molecule has 0 aromatic rings. The molecular formula is C19H24F6N4O3. The van der Waals surface area contributed by atoms with Crippen molar-refractivity contribution in [1.82, 2.24) is 10.2 Å². The van der Waals surface area contributed by atoms with E-state index in [1.807, 2.05) is 0 Å². The molecule has 2 aliphatic rings. The number of hydrogen-bond acceptors (Lipinski definition) is 5. The third-order valence-electron chi connectivity index (χ3n) is 5.61. The van der Waals surface area contributed by atoms with Gasteiger partial charge in [0.05, 0.1) is 12.2 Å². The van der Waals surface area contributed by atoms with Crippen molar-refractivity contribution in [2.75, 3.05) is 7.05 Å². The second kappa shape index (κ2) is 9.22. The molecule has 2 rings (SSSR count). The van der Waals surface area contributed by atoms with Crippen LogP contribution in [0.15, 0.2) is 23.3 Å². The van der Waals surface area contributed by atoms with Gasteiger partial charge in [0.1, 0.15) is 12.0 Å². The van der Waals surface area contributed by atoms with Crippen LogP contribution in [0.5, 0.6) is 0 Å². The van der Waals surface area contributed by atoms with E-state index in [-0.39, 0.29) is 0 Å². The Morgan fingerprint density at radius 3 is 2.28 bits per heavy atom. The number of halogens is 6. The molecule has 2 amide bonds. The lowest BCUT2D eigenvalue weighted by Gasteiger charge is -2.29. The molecule has 32 heavy (non-hydrogen) atoms. The minimum absolute atomic E-state index is 0.302. The van der Waals surface area contributed by atoms with Crippen molar-refractivity contribution < 1.29 is 40.7 Å². The van der Waals surface area contributed by atoms with Crippen LogP contribution < -0.4 is 16.8 Å². The molecule has 0 aromatic heterocycles. The van der Waals surface area contributed by atoms with Crippen LogP contribution in [0.25, 0.3) is 0 Å². The predicted molar refractivity (Wildman–Crippen MR) is 100 cm³/mol. The van der Waals surface area contributed by atoms with Gasteiger partial charge in [-0.15, -0.1) is 0 Å². The smallest absolute Gasteiger partial charge is 0.345 e. The fraction of sp³-hybridized carbons (Fsp3) is 0.632. The number of rotatable bonds is 5. The molecular weight excluding hydrogens is 446 g/mol. The Hall–Kier alpha value is -2.41. The van der Waals surface area contributed by atoms with Gasteiger partial charge in [0.2, 0.25) is 11.8 Å². The van der Waals surface area contributed by atoms with Crippen LogP contribution in [0, 0.1) is 11.8 Å². The highest BCUT2D eigenvalue weighted by molar-refractivity contribution is 6.08. The second-order valence-corrected chi connectivity index (χ2v) is 7.87. The summed E-state index contributed by atoms with van der Waals surface area (Å²) in [5, 5.41) is 1.80. The van der Waals surface area contributed by atoms with Crippen LogP contribution in [-0.2, 0) is 14.4 Å². The highest BCUT2D eigenvalue weighted by Gasteiger charge is 2.61. The summed E-state index contributed by atoms with van der Waals surface area (Å²) in [4.78, 5) is 39.1. The number of amides is 2. The summed E-state index contributed by atoms with van der Waals surface area (Å²) in [6.45, 7) is 1.06. The first kappa shape index (κ1) is 25.8. The first-order valence-corrected chi connectivity index (χ1v) is 9.71. The van der Waals surface area contributed by atoms with E-state index in [0.29, 0.717) is 24.8 Å². The number of nitrogens with one attached hydrogen (secondary N) is 1. The van der Waals surface area contributed by atoms with Crippen molar-refractivity contribution in [3.63, 3.8) is 0 Å². The van der Waals surface area contributed by atoms with Gasteiger partial charge in [0.15, 0.2) is 11.7 Å². The van der Waals surface area contributed by atoms with Gasteiger partial charge >= 0.3 is 12.4 Å². The van der Waals surface area contributed by atoms with E-state index < -0.39 is 60.0 Å². The first-order valence-electron chi connectivity index (χ1n) is 9.71. The topological polar surface area (TPSA) is 119 Å². The summed E-state index contributed by atoms with van der Waals surface area (Å²) in [5.74, 6) is -8.92. The average Bonchev–Trinajstić information content (AvgIpc) is 2.74. The highest BCUT2D eigenvalue weighted by atomic mass is 19.4. The number of hydrogen-bond donors (Lipinski definition) is 3. The number of alkyl halides is 6. The number of carbonyl (C=O) groups excluding carboxylic acids is 3. The minimum atomic E-state index is -5.83. The maximum atomic E-state index is 13.0. The molecule has 0 bridgehead atoms. The zero-order chi connectivity index (χ0) is 24.6. The van der Waals surface area contributed by atoms with Gasteiger partial charge in [-0.3, -0.25) is 14.4 Å². The Kier molecular flexibility index (Phi) is 7.45. The van der Waals surface area contributed by atoms with Gasteiger partial charge in [-0.05, 0) is 25.3 Å². The Labute approximate surface area is 179 Å². The molecule has 7 nitrogen and oxygen atoms in total. The number of allylic oxidation sites excluding steroid dienone is 2. The van der Waals surface area contributed by atoms with E-state index in [2.05, 4.69) is 0 Å².